The van der Waals surface area contributed by atoms with Crippen LogP contribution in [-0.2, 0) is 20.8 Å². The SMILES string of the molecule is C=CCn1c(SCC(=O)Nc2sc(C(=O)OC)c(C)c2C(=O)OC)nnc1C(C)Oc1ccccc1Cl. The largest absolute Gasteiger partial charge is 0.481 e. The van der Waals surface area contributed by atoms with E-state index in [1.807, 2.05) is 19.1 Å². The molecule has 0 aliphatic carbocycles. The van der Waals surface area contributed by atoms with Crippen molar-refractivity contribution in [2.75, 3.05) is 25.3 Å². The minimum absolute atomic E-state index is 0.0415. The van der Waals surface area contributed by atoms with Crippen LogP contribution in [0.15, 0.2) is 42.1 Å². The number of carbonyl (C=O) groups is 3. The Morgan fingerprint density at radius 1 is 1.22 bits per heavy atom. The molecular weight excluding hydrogens is 540 g/mol. The lowest BCUT2D eigenvalue weighted by molar-refractivity contribution is -0.113. The molecule has 37 heavy (non-hydrogen) atoms. The van der Waals surface area contributed by atoms with Gasteiger partial charge in [0.05, 0.1) is 30.6 Å². The zero-order valence-electron chi connectivity index (χ0n) is 20.6. The minimum atomic E-state index is -0.672. The van der Waals surface area contributed by atoms with Gasteiger partial charge < -0.3 is 19.5 Å². The number of nitrogens with one attached hydrogen (secondary N) is 1. The molecule has 0 saturated heterocycles. The topological polar surface area (TPSA) is 122 Å². The Kier molecular flexibility index (Phi) is 9.73. The molecule has 3 aromatic rings. The monoisotopic (exact) mass is 564 g/mol. The Hall–Kier alpha value is -3.35. The molecule has 0 radical (unpaired) electrons. The van der Waals surface area contributed by atoms with Crippen molar-refractivity contribution < 1.29 is 28.6 Å². The molecule has 0 aliphatic rings. The first-order valence-electron chi connectivity index (χ1n) is 10.9. The van der Waals surface area contributed by atoms with Crippen LogP contribution < -0.4 is 10.1 Å². The molecule has 0 spiro atoms. The Morgan fingerprint density at radius 2 is 1.92 bits per heavy atom. The summed E-state index contributed by atoms with van der Waals surface area (Å²) in [6, 6.07) is 7.11. The van der Waals surface area contributed by atoms with Crippen LogP contribution >= 0.6 is 34.7 Å². The maximum atomic E-state index is 12.8. The number of nitrogens with zero attached hydrogens (tertiary/aromatic N) is 3. The summed E-state index contributed by atoms with van der Waals surface area (Å²) < 4.78 is 17.3. The summed E-state index contributed by atoms with van der Waals surface area (Å²) >= 11 is 8.30. The van der Waals surface area contributed by atoms with Crippen LogP contribution in [0.25, 0.3) is 0 Å². The molecule has 0 fully saturated rings. The first-order chi connectivity index (χ1) is 17.7. The van der Waals surface area contributed by atoms with Gasteiger partial charge in [0.15, 0.2) is 17.1 Å². The number of rotatable bonds is 11. The van der Waals surface area contributed by atoms with Gasteiger partial charge in [-0.25, -0.2) is 9.59 Å². The van der Waals surface area contributed by atoms with Crippen LogP contribution in [0.1, 0.15) is 44.4 Å². The van der Waals surface area contributed by atoms with Crippen LogP contribution in [0.4, 0.5) is 5.00 Å². The second-order valence-corrected chi connectivity index (χ2v) is 9.88. The van der Waals surface area contributed by atoms with Crippen molar-refractivity contribution in [2.24, 2.45) is 0 Å². The third-order valence-corrected chi connectivity index (χ3v) is 7.52. The summed E-state index contributed by atoms with van der Waals surface area (Å²) in [4.78, 5) is 37.4. The highest BCUT2D eigenvalue weighted by Crippen LogP contribution is 2.34. The van der Waals surface area contributed by atoms with Gasteiger partial charge in [0.1, 0.15) is 15.6 Å². The molecule has 10 nitrogen and oxygen atoms in total. The van der Waals surface area contributed by atoms with Gasteiger partial charge in [0.2, 0.25) is 5.91 Å². The van der Waals surface area contributed by atoms with Gasteiger partial charge in [-0.05, 0) is 31.5 Å². The van der Waals surface area contributed by atoms with Crippen molar-refractivity contribution in [3.8, 4) is 5.75 Å². The number of hydrogen-bond acceptors (Lipinski definition) is 10. The molecular formula is C24H25ClN4O6S2. The zero-order chi connectivity index (χ0) is 27.1. The smallest absolute Gasteiger partial charge is 0.348 e. The van der Waals surface area contributed by atoms with E-state index in [0.29, 0.717) is 33.9 Å². The predicted molar refractivity (Wildman–Crippen MR) is 142 cm³/mol. The van der Waals surface area contributed by atoms with E-state index in [0.717, 1.165) is 23.1 Å². The summed E-state index contributed by atoms with van der Waals surface area (Å²) in [5.41, 5.74) is 0.475. The van der Waals surface area contributed by atoms with Crippen molar-refractivity contribution in [3.63, 3.8) is 0 Å². The normalized spacial score (nSPS) is 11.5. The second kappa shape index (κ2) is 12.7. The highest BCUT2D eigenvalue weighted by Gasteiger charge is 2.27. The third-order valence-electron chi connectivity index (χ3n) is 5.05. The van der Waals surface area contributed by atoms with E-state index in [1.165, 1.54) is 14.2 Å². The van der Waals surface area contributed by atoms with Crippen LogP contribution in [-0.4, -0.2) is 52.6 Å². The average Bonchev–Trinajstić information content (AvgIpc) is 3.43. The van der Waals surface area contributed by atoms with Crippen LogP contribution in [0, 0.1) is 6.92 Å². The molecule has 3 rings (SSSR count). The van der Waals surface area contributed by atoms with Crippen LogP contribution in [0.3, 0.4) is 0 Å². The third kappa shape index (κ3) is 6.51. The average molecular weight is 565 g/mol. The lowest BCUT2D eigenvalue weighted by atomic mass is 10.1. The highest BCUT2D eigenvalue weighted by atomic mass is 35.5. The van der Waals surface area contributed by atoms with E-state index in [2.05, 4.69) is 22.1 Å². The van der Waals surface area contributed by atoms with Crippen LogP contribution in [0.2, 0.25) is 5.02 Å². The molecule has 1 aromatic carbocycles. The molecule has 0 aliphatic heterocycles. The quantitative estimate of drug-likeness (QED) is 0.196. The van der Waals surface area contributed by atoms with Crippen molar-refractivity contribution in [3.05, 3.63) is 63.8 Å². The fourth-order valence-electron chi connectivity index (χ4n) is 3.32. The van der Waals surface area contributed by atoms with Gasteiger partial charge in [-0.2, -0.15) is 0 Å². The number of benzene rings is 1. The van der Waals surface area contributed by atoms with E-state index in [9.17, 15) is 14.4 Å². The number of ether oxygens (including phenoxy) is 3. The van der Waals surface area contributed by atoms with Gasteiger partial charge in [0, 0.05) is 6.54 Å². The highest BCUT2D eigenvalue weighted by molar-refractivity contribution is 7.99. The fraction of sp³-hybridized carbons (Fsp3) is 0.292. The molecule has 1 atom stereocenters. The number of halogens is 1. The molecule has 2 aromatic heterocycles. The van der Waals surface area contributed by atoms with E-state index in [-0.39, 0.29) is 21.2 Å². The number of para-hydroxylation sites is 1. The Labute approximate surface area is 227 Å². The molecule has 13 heteroatoms. The van der Waals surface area contributed by atoms with Crippen molar-refractivity contribution in [2.45, 2.75) is 31.7 Å². The molecule has 1 unspecified atom stereocenters. The maximum Gasteiger partial charge on any atom is 0.348 e. The van der Waals surface area contributed by atoms with Gasteiger partial charge in [-0.3, -0.25) is 9.36 Å². The van der Waals surface area contributed by atoms with E-state index < -0.39 is 23.9 Å². The summed E-state index contributed by atoms with van der Waals surface area (Å²) in [6.45, 7) is 7.58. The van der Waals surface area contributed by atoms with E-state index in [1.54, 1.807) is 29.7 Å². The zero-order valence-corrected chi connectivity index (χ0v) is 23.0. The predicted octanol–water partition coefficient (Wildman–Crippen LogP) is 4.93. The standard InChI is InChI=1S/C24H25ClN4O6S2/c1-6-11-29-20(14(3)35-16-10-8-7-9-15(16)25)27-28-24(29)36-12-17(30)26-21-18(22(31)33-4)13(2)19(37-21)23(32)34-5/h6-10,14H,1,11-12H2,2-5H3,(H,26,30). The number of methoxy groups -OCH3 is 2. The van der Waals surface area contributed by atoms with Gasteiger partial charge >= 0.3 is 11.9 Å². The first-order valence-corrected chi connectivity index (χ1v) is 13.1. The number of thioether (sulfide) groups is 1. The number of esters is 2. The number of hydrogen-bond donors (Lipinski definition) is 1. The summed E-state index contributed by atoms with van der Waals surface area (Å²) in [6.07, 6.45) is 1.20. The van der Waals surface area contributed by atoms with Crippen molar-refractivity contribution in [1.29, 1.82) is 0 Å². The summed E-state index contributed by atoms with van der Waals surface area (Å²) in [5, 5.41) is 12.3. The van der Waals surface area contributed by atoms with Gasteiger partial charge in [0.25, 0.3) is 0 Å². The van der Waals surface area contributed by atoms with Gasteiger partial charge in [-0.15, -0.1) is 28.1 Å². The molecule has 2 heterocycles. The van der Waals surface area contributed by atoms with Crippen LogP contribution in [0.5, 0.6) is 5.75 Å². The number of anilines is 1. The second-order valence-electron chi connectivity index (χ2n) is 7.51. The molecule has 1 amide bonds. The number of carbonyl (C=O) groups excluding carboxylic acids is 3. The molecule has 196 valence electrons. The van der Waals surface area contributed by atoms with Crippen molar-refractivity contribution >= 4 is 57.5 Å². The number of aromatic nitrogens is 3. The number of thiophene rings is 1. The summed E-state index contributed by atoms with van der Waals surface area (Å²) in [7, 11) is 2.46. The molecule has 1 N–H and O–H groups in total. The molecule has 0 bridgehead atoms. The Balaban J connectivity index is 1.76. The van der Waals surface area contributed by atoms with E-state index in [4.69, 9.17) is 25.8 Å². The lowest BCUT2D eigenvalue weighted by Crippen LogP contribution is -2.17. The lowest BCUT2D eigenvalue weighted by Gasteiger charge is -2.16. The minimum Gasteiger partial charge on any atom is -0.481 e. The van der Waals surface area contributed by atoms with Crippen molar-refractivity contribution in [1.82, 2.24) is 14.8 Å². The fourth-order valence-corrected chi connectivity index (χ4v) is 5.39. The van der Waals surface area contributed by atoms with E-state index >= 15 is 0 Å². The maximum absolute atomic E-state index is 12.8. The summed E-state index contributed by atoms with van der Waals surface area (Å²) in [5.74, 6) is -0.692. The van der Waals surface area contributed by atoms with Gasteiger partial charge in [-0.1, -0.05) is 41.6 Å². The first kappa shape index (κ1) is 28.2. The molecule has 0 saturated carbocycles. The Morgan fingerprint density at radius 3 is 2.57 bits per heavy atom. The number of allylic oxidation sites excluding steroid dienone is 1. The number of amides is 1. The Bertz CT molecular complexity index is 1320.